The molecule has 0 fully saturated rings. The number of halogens is 1. The van der Waals surface area contributed by atoms with E-state index in [1.807, 2.05) is 26.2 Å². The average molecular weight is 310 g/mol. The molecule has 0 bridgehead atoms. The van der Waals surface area contributed by atoms with Gasteiger partial charge < -0.3 is 4.74 Å². The van der Waals surface area contributed by atoms with Crippen molar-refractivity contribution >= 4 is 39.9 Å². The van der Waals surface area contributed by atoms with Crippen LogP contribution < -0.4 is 0 Å². The summed E-state index contributed by atoms with van der Waals surface area (Å²) in [7, 11) is 0. The number of rotatable bonds is 1. The maximum Gasteiger partial charge on any atom is 0.340 e. The minimum atomic E-state index is -0.415. The molecule has 0 radical (unpaired) electrons. The fourth-order valence-corrected chi connectivity index (χ4v) is 2.21. The molecule has 0 unspecified atom stereocenters. The molecule has 1 rings (SSSR count). The molecule has 0 N–H and O–H groups in total. The molecular formula is C9H11IO2S. The zero-order chi connectivity index (χ0) is 10.1. The smallest absolute Gasteiger partial charge is 0.340 e. The number of carbonyl (C=O) groups is 1. The van der Waals surface area contributed by atoms with E-state index in [0.717, 1.165) is 2.88 Å². The van der Waals surface area contributed by atoms with Crippen LogP contribution in [-0.2, 0) is 4.74 Å². The topological polar surface area (TPSA) is 26.3 Å². The predicted octanol–water partition coefficient (Wildman–Crippen LogP) is 3.31. The van der Waals surface area contributed by atoms with E-state index in [9.17, 15) is 4.79 Å². The summed E-state index contributed by atoms with van der Waals surface area (Å²) < 4.78 is 6.20. The molecule has 13 heavy (non-hydrogen) atoms. The Hall–Kier alpha value is -0.100. The van der Waals surface area contributed by atoms with Crippen LogP contribution in [0.1, 0.15) is 31.1 Å². The number of carbonyl (C=O) groups excluding carboxylic acids is 1. The van der Waals surface area contributed by atoms with E-state index in [0.29, 0.717) is 5.56 Å². The second-order valence-corrected chi connectivity index (χ2v) is 6.34. The lowest BCUT2D eigenvalue weighted by atomic mass is 10.2. The Morgan fingerprint density at radius 2 is 2.15 bits per heavy atom. The zero-order valence-corrected chi connectivity index (χ0v) is 10.7. The highest BCUT2D eigenvalue weighted by molar-refractivity contribution is 14.1. The van der Waals surface area contributed by atoms with Crippen LogP contribution in [0.4, 0.5) is 0 Å². The lowest BCUT2D eigenvalue weighted by Crippen LogP contribution is -2.23. The van der Waals surface area contributed by atoms with Crippen LogP contribution in [0, 0.1) is 2.88 Å². The molecule has 1 aromatic heterocycles. The molecule has 0 amide bonds. The molecule has 1 heterocycles. The Kier molecular flexibility index (Phi) is 3.34. The molecule has 0 aromatic carbocycles. The summed E-state index contributed by atoms with van der Waals surface area (Å²) in [5.41, 5.74) is 0.253. The van der Waals surface area contributed by atoms with Crippen LogP contribution in [0.2, 0.25) is 0 Å². The van der Waals surface area contributed by atoms with E-state index in [-0.39, 0.29) is 5.97 Å². The van der Waals surface area contributed by atoms with Crippen LogP contribution in [0.3, 0.4) is 0 Å². The summed E-state index contributed by atoms with van der Waals surface area (Å²) in [6.45, 7) is 5.60. The van der Waals surface area contributed by atoms with Crippen molar-refractivity contribution in [2.75, 3.05) is 0 Å². The molecule has 0 aliphatic rings. The van der Waals surface area contributed by atoms with Gasteiger partial charge in [0.1, 0.15) is 5.60 Å². The normalized spacial score (nSPS) is 11.4. The maximum absolute atomic E-state index is 11.5. The van der Waals surface area contributed by atoms with Gasteiger partial charge in [0.15, 0.2) is 0 Å². The van der Waals surface area contributed by atoms with Gasteiger partial charge in [0, 0.05) is 0 Å². The van der Waals surface area contributed by atoms with Crippen molar-refractivity contribution in [3.8, 4) is 0 Å². The van der Waals surface area contributed by atoms with Crippen molar-refractivity contribution in [1.29, 1.82) is 0 Å². The highest BCUT2D eigenvalue weighted by atomic mass is 127. The summed E-state index contributed by atoms with van der Waals surface area (Å²) in [6, 6.07) is 1.79. The molecular weight excluding hydrogens is 299 g/mol. The molecule has 1 aromatic rings. The Bertz CT molecular complexity index is 312. The van der Waals surface area contributed by atoms with Gasteiger partial charge in [-0.2, -0.15) is 0 Å². The zero-order valence-electron chi connectivity index (χ0n) is 7.76. The van der Waals surface area contributed by atoms with Gasteiger partial charge in [-0.25, -0.2) is 4.79 Å². The van der Waals surface area contributed by atoms with E-state index in [4.69, 9.17) is 4.74 Å². The van der Waals surface area contributed by atoms with Crippen molar-refractivity contribution in [3.63, 3.8) is 0 Å². The lowest BCUT2D eigenvalue weighted by molar-refractivity contribution is 0.00691. The summed E-state index contributed by atoms with van der Waals surface area (Å²) in [6.07, 6.45) is 0. The molecule has 0 atom stereocenters. The van der Waals surface area contributed by atoms with Crippen LogP contribution in [0.15, 0.2) is 11.4 Å². The van der Waals surface area contributed by atoms with E-state index >= 15 is 0 Å². The van der Waals surface area contributed by atoms with Crippen molar-refractivity contribution in [3.05, 3.63) is 19.9 Å². The average Bonchev–Trinajstić information content (AvgIpc) is 2.30. The van der Waals surface area contributed by atoms with E-state index < -0.39 is 5.60 Å². The lowest BCUT2D eigenvalue weighted by Gasteiger charge is -2.19. The van der Waals surface area contributed by atoms with Gasteiger partial charge in [0.25, 0.3) is 0 Å². The van der Waals surface area contributed by atoms with Gasteiger partial charge in [-0.3, -0.25) is 0 Å². The first kappa shape index (κ1) is 11.0. The van der Waals surface area contributed by atoms with Crippen LogP contribution >= 0.6 is 33.9 Å². The highest BCUT2D eigenvalue weighted by Crippen LogP contribution is 2.21. The molecule has 4 heteroatoms. The number of thiophene rings is 1. The van der Waals surface area contributed by atoms with Crippen LogP contribution in [0.5, 0.6) is 0 Å². The first-order valence-corrected chi connectivity index (χ1v) is 5.82. The third-order valence-electron chi connectivity index (χ3n) is 1.24. The number of hydrogen-bond donors (Lipinski definition) is 0. The molecule has 2 nitrogen and oxygen atoms in total. The van der Waals surface area contributed by atoms with Crippen molar-refractivity contribution < 1.29 is 9.53 Å². The third kappa shape index (κ3) is 3.27. The SMILES string of the molecule is CC(C)(C)OC(=O)c1ccsc1I. The van der Waals surface area contributed by atoms with Gasteiger partial charge in [0.2, 0.25) is 0 Å². The highest BCUT2D eigenvalue weighted by Gasteiger charge is 2.19. The van der Waals surface area contributed by atoms with E-state index in [1.165, 1.54) is 0 Å². The van der Waals surface area contributed by atoms with Crippen LogP contribution in [0.25, 0.3) is 0 Å². The monoisotopic (exact) mass is 310 g/mol. The number of ether oxygens (including phenoxy) is 1. The van der Waals surface area contributed by atoms with Crippen molar-refractivity contribution in [1.82, 2.24) is 0 Å². The molecule has 0 aliphatic carbocycles. The second kappa shape index (κ2) is 3.96. The third-order valence-corrected chi connectivity index (χ3v) is 3.28. The Labute approximate surface area is 95.4 Å². The molecule has 0 saturated heterocycles. The fraction of sp³-hybridized carbons (Fsp3) is 0.444. The van der Waals surface area contributed by atoms with E-state index in [2.05, 4.69) is 22.6 Å². The molecule has 0 aliphatic heterocycles. The van der Waals surface area contributed by atoms with Gasteiger partial charge in [-0.05, 0) is 54.8 Å². The summed E-state index contributed by atoms with van der Waals surface area (Å²) in [4.78, 5) is 11.5. The van der Waals surface area contributed by atoms with Crippen LogP contribution in [-0.4, -0.2) is 11.6 Å². The quantitative estimate of drug-likeness (QED) is 0.587. The molecule has 0 spiro atoms. The standard InChI is InChI=1S/C9H11IO2S/c1-9(2,3)12-8(11)6-4-5-13-7(6)10/h4-5H,1-3H3. The predicted molar refractivity (Wildman–Crippen MR) is 62.2 cm³/mol. The number of esters is 1. The maximum atomic E-state index is 11.5. The van der Waals surface area contributed by atoms with E-state index in [1.54, 1.807) is 17.4 Å². The second-order valence-electron chi connectivity index (χ2n) is 3.61. The summed E-state index contributed by atoms with van der Waals surface area (Å²) in [5, 5.41) is 1.89. The van der Waals surface area contributed by atoms with Crippen molar-refractivity contribution in [2.45, 2.75) is 26.4 Å². The minimum Gasteiger partial charge on any atom is -0.456 e. The van der Waals surface area contributed by atoms with Gasteiger partial charge in [-0.1, -0.05) is 0 Å². The number of hydrogen-bond acceptors (Lipinski definition) is 3. The summed E-state index contributed by atoms with van der Waals surface area (Å²) >= 11 is 3.68. The van der Waals surface area contributed by atoms with Gasteiger partial charge in [0.05, 0.1) is 8.45 Å². The molecule has 0 saturated carbocycles. The summed E-state index contributed by atoms with van der Waals surface area (Å²) in [5.74, 6) is -0.238. The Morgan fingerprint density at radius 3 is 2.54 bits per heavy atom. The molecule has 72 valence electrons. The van der Waals surface area contributed by atoms with Crippen molar-refractivity contribution in [2.24, 2.45) is 0 Å². The Balaban J connectivity index is 2.76. The Morgan fingerprint density at radius 1 is 1.54 bits per heavy atom. The minimum absolute atomic E-state index is 0.238. The van der Waals surface area contributed by atoms with Gasteiger partial charge >= 0.3 is 5.97 Å². The fourth-order valence-electron chi connectivity index (χ4n) is 0.772. The first-order valence-electron chi connectivity index (χ1n) is 3.86. The first-order chi connectivity index (χ1) is 5.90. The largest absolute Gasteiger partial charge is 0.456 e. The van der Waals surface area contributed by atoms with Gasteiger partial charge in [-0.15, -0.1) is 11.3 Å².